The standard InChI is InChI=1S/C10H17N3O2/c1-8(9-5-7-12-13-9)11-6-3-4-10(14)15-2/h5,7-8,11H,3-4,6H2,1-2H3,(H,12,13). The molecular weight excluding hydrogens is 194 g/mol. The van der Waals surface area contributed by atoms with Crippen molar-refractivity contribution in [1.82, 2.24) is 15.5 Å². The molecule has 1 aromatic rings. The van der Waals surface area contributed by atoms with Crippen LogP contribution in [0.3, 0.4) is 0 Å². The van der Waals surface area contributed by atoms with Gasteiger partial charge < -0.3 is 10.1 Å². The van der Waals surface area contributed by atoms with Crippen molar-refractivity contribution in [3.63, 3.8) is 0 Å². The van der Waals surface area contributed by atoms with Crippen molar-refractivity contribution >= 4 is 5.97 Å². The fourth-order valence-corrected chi connectivity index (χ4v) is 1.27. The minimum atomic E-state index is -0.161. The molecule has 1 heterocycles. The van der Waals surface area contributed by atoms with Crippen molar-refractivity contribution in [2.24, 2.45) is 0 Å². The number of rotatable bonds is 6. The van der Waals surface area contributed by atoms with Crippen LogP contribution < -0.4 is 5.32 Å². The zero-order valence-electron chi connectivity index (χ0n) is 9.12. The number of nitrogens with one attached hydrogen (secondary N) is 2. The highest BCUT2D eigenvalue weighted by atomic mass is 16.5. The Morgan fingerprint density at radius 3 is 3.13 bits per heavy atom. The lowest BCUT2D eigenvalue weighted by Crippen LogP contribution is -2.21. The molecule has 0 bridgehead atoms. The molecule has 5 heteroatoms. The Kier molecular flexibility index (Phi) is 4.83. The van der Waals surface area contributed by atoms with Crippen molar-refractivity contribution < 1.29 is 9.53 Å². The van der Waals surface area contributed by atoms with Gasteiger partial charge in [-0.3, -0.25) is 9.89 Å². The van der Waals surface area contributed by atoms with Crippen LogP contribution in [-0.2, 0) is 9.53 Å². The van der Waals surface area contributed by atoms with Crippen LogP contribution in [0, 0.1) is 0 Å². The topological polar surface area (TPSA) is 67.0 Å². The summed E-state index contributed by atoms with van der Waals surface area (Å²) in [5.74, 6) is -0.161. The maximum Gasteiger partial charge on any atom is 0.305 e. The third-order valence-electron chi connectivity index (χ3n) is 2.22. The molecule has 5 nitrogen and oxygen atoms in total. The summed E-state index contributed by atoms with van der Waals surface area (Å²) in [7, 11) is 1.41. The number of ether oxygens (including phenoxy) is 1. The van der Waals surface area contributed by atoms with Crippen LogP contribution in [0.25, 0.3) is 0 Å². The van der Waals surface area contributed by atoms with E-state index in [-0.39, 0.29) is 12.0 Å². The van der Waals surface area contributed by atoms with E-state index in [0.29, 0.717) is 6.42 Å². The number of aromatic nitrogens is 2. The van der Waals surface area contributed by atoms with Gasteiger partial charge in [-0.1, -0.05) is 0 Å². The van der Waals surface area contributed by atoms with Crippen LogP contribution in [0.2, 0.25) is 0 Å². The van der Waals surface area contributed by atoms with E-state index in [2.05, 4.69) is 20.3 Å². The van der Waals surface area contributed by atoms with Crippen LogP contribution in [0.1, 0.15) is 31.5 Å². The molecule has 0 spiro atoms. The molecular formula is C10H17N3O2. The van der Waals surface area contributed by atoms with Gasteiger partial charge in [0.05, 0.1) is 12.8 Å². The molecule has 1 atom stereocenters. The smallest absolute Gasteiger partial charge is 0.305 e. The Hall–Kier alpha value is -1.36. The molecule has 0 radical (unpaired) electrons. The van der Waals surface area contributed by atoms with Crippen molar-refractivity contribution in [2.45, 2.75) is 25.8 Å². The number of carbonyl (C=O) groups excluding carboxylic acids is 1. The van der Waals surface area contributed by atoms with E-state index in [1.807, 2.05) is 13.0 Å². The van der Waals surface area contributed by atoms with Gasteiger partial charge in [0.2, 0.25) is 0 Å². The van der Waals surface area contributed by atoms with Crippen LogP contribution in [0.5, 0.6) is 0 Å². The van der Waals surface area contributed by atoms with Gasteiger partial charge in [-0.05, 0) is 26.0 Å². The number of carbonyl (C=O) groups is 1. The van der Waals surface area contributed by atoms with Crippen LogP contribution >= 0.6 is 0 Å². The Morgan fingerprint density at radius 1 is 1.73 bits per heavy atom. The quantitative estimate of drug-likeness (QED) is 0.544. The van der Waals surface area contributed by atoms with Crippen LogP contribution in [0.15, 0.2) is 12.3 Å². The summed E-state index contributed by atoms with van der Waals surface area (Å²) in [6.07, 6.45) is 2.96. The Balaban J connectivity index is 2.13. The first-order chi connectivity index (χ1) is 7.24. The van der Waals surface area contributed by atoms with E-state index in [0.717, 1.165) is 18.7 Å². The fourth-order valence-electron chi connectivity index (χ4n) is 1.27. The molecule has 0 aliphatic carbocycles. The minimum Gasteiger partial charge on any atom is -0.469 e. The highest BCUT2D eigenvalue weighted by Gasteiger charge is 2.05. The fraction of sp³-hybridized carbons (Fsp3) is 0.600. The number of nitrogens with zero attached hydrogens (tertiary/aromatic N) is 1. The normalized spacial score (nSPS) is 12.4. The monoisotopic (exact) mass is 211 g/mol. The molecule has 1 aromatic heterocycles. The number of aromatic amines is 1. The zero-order valence-corrected chi connectivity index (χ0v) is 9.12. The average molecular weight is 211 g/mol. The molecule has 0 saturated carbocycles. The summed E-state index contributed by atoms with van der Waals surface area (Å²) < 4.78 is 4.55. The predicted octanol–water partition coefficient (Wildman–Crippen LogP) is 1.01. The number of esters is 1. The molecule has 2 N–H and O–H groups in total. The van der Waals surface area contributed by atoms with E-state index in [1.165, 1.54) is 7.11 Å². The summed E-state index contributed by atoms with van der Waals surface area (Å²) in [4.78, 5) is 10.8. The van der Waals surface area contributed by atoms with Gasteiger partial charge in [0, 0.05) is 18.7 Å². The summed E-state index contributed by atoms with van der Waals surface area (Å²) in [5.41, 5.74) is 1.05. The van der Waals surface area contributed by atoms with Crippen molar-refractivity contribution in [2.75, 3.05) is 13.7 Å². The third kappa shape index (κ3) is 4.12. The van der Waals surface area contributed by atoms with Gasteiger partial charge >= 0.3 is 5.97 Å². The molecule has 15 heavy (non-hydrogen) atoms. The third-order valence-corrected chi connectivity index (χ3v) is 2.22. The Morgan fingerprint density at radius 2 is 2.53 bits per heavy atom. The van der Waals surface area contributed by atoms with Gasteiger partial charge in [-0.25, -0.2) is 0 Å². The molecule has 0 aliphatic heterocycles. The minimum absolute atomic E-state index is 0.161. The van der Waals surface area contributed by atoms with E-state index in [9.17, 15) is 4.79 Å². The number of hydrogen-bond acceptors (Lipinski definition) is 4. The summed E-state index contributed by atoms with van der Waals surface area (Å²) in [6, 6.07) is 2.16. The number of methoxy groups -OCH3 is 1. The lowest BCUT2D eigenvalue weighted by molar-refractivity contribution is -0.140. The highest BCUT2D eigenvalue weighted by Crippen LogP contribution is 2.06. The predicted molar refractivity (Wildman–Crippen MR) is 56.3 cm³/mol. The molecule has 0 aromatic carbocycles. The summed E-state index contributed by atoms with van der Waals surface area (Å²) in [5, 5.41) is 10.1. The molecule has 0 amide bonds. The number of H-pyrrole nitrogens is 1. The van der Waals surface area contributed by atoms with Crippen molar-refractivity contribution in [1.29, 1.82) is 0 Å². The van der Waals surface area contributed by atoms with Crippen molar-refractivity contribution in [3.05, 3.63) is 18.0 Å². The molecule has 0 fully saturated rings. The van der Waals surface area contributed by atoms with E-state index >= 15 is 0 Å². The Bertz CT molecular complexity index is 285. The van der Waals surface area contributed by atoms with Gasteiger partial charge in [0.15, 0.2) is 0 Å². The second-order valence-corrected chi connectivity index (χ2v) is 3.37. The second-order valence-electron chi connectivity index (χ2n) is 3.37. The van der Waals surface area contributed by atoms with Crippen LogP contribution in [0.4, 0.5) is 0 Å². The highest BCUT2D eigenvalue weighted by molar-refractivity contribution is 5.69. The van der Waals surface area contributed by atoms with Gasteiger partial charge in [-0.15, -0.1) is 0 Å². The first kappa shape index (κ1) is 11.7. The van der Waals surface area contributed by atoms with Gasteiger partial charge in [-0.2, -0.15) is 5.10 Å². The van der Waals surface area contributed by atoms with Crippen LogP contribution in [-0.4, -0.2) is 29.8 Å². The van der Waals surface area contributed by atoms with E-state index < -0.39 is 0 Å². The summed E-state index contributed by atoms with van der Waals surface area (Å²) in [6.45, 7) is 2.83. The SMILES string of the molecule is COC(=O)CCCNC(C)c1ccn[nH]1. The zero-order chi connectivity index (χ0) is 11.1. The average Bonchev–Trinajstić information content (AvgIpc) is 2.77. The molecule has 1 unspecified atom stereocenters. The molecule has 1 rings (SSSR count). The number of hydrogen-bond donors (Lipinski definition) is 2. The van der Waals surface area contributed by atoms with Gasteiger partial charge in [0.25, 0.3) is 0 Å². The van der Waals surface area contributed by atoms with E-state index in [1.54, 1.807) is 6.20 Å². The summed E-state index contributed by atoms with van der Waals surface area (Å²) >= 11 is 0. The lowest BCUT2D eigenvalue weighted by atomic mass is 10.2. The van der Waals surface area contributed by atoms with Gasteiger partial charge in [0.1, 0.15) is 0 Å². The maximum absolute atomic E-state index is 10.8. The van der Waals surface area contributed by atoms with Crippen molar-refractivity contribution in [3.8, 4) is 0 Å². The second kappa shape index (κ2) is 6.19. The largest absolute Gasteiger partial charge is 0.469 e. The molecule has 0 saturated heterocycles. The van der Waals surface area contributed by atoms with E-state index in [4.69, 9.17) is 0 Å². The Labute approximate surface area is 89.2 Å². The molecule has 84 valence electrons. The lowest BCUT2D eigenvalue weighted by Gasteiger charge is -2.11. The first-order valence-corrected chi connectivity index (χ1v) is 5.03. The maximum atomic E-state index is 10.8. The first-order valence-electron chi connectivity index (χ1n) is 5.03. The molecule has 0 aliphatic rings.